The van der Waals surface area contributed by atoms with E-state index in [4.69, 9.17) is 0 Å². The van der Waals surface area contributed by atoms with E-state index in [-0.39, 0.29) is 11.6 Å². The molecule has 7 heteroatoms. The van der Waals surface area contributed by atoms with Gasteiger partial charge in [-0.05, 0) is 35.7 Å². The Labute approximate surface area is 146 Å². The first-order chi connectivity index (χ1) is 12.1. The molecule has 126 valence electrons. The number of thiophene rings is 1. The van der Waals surface area contributed by atoms with Gasteiger partial charge in [-0.1, -0.05) is 6.07 Å². The second-order valence-electron chi connectivity index (χ2n) is 5.62. The molecule has 25 heavy (non-hydrogen) atoms. The molecule has 1 aliphatic rings. The second-order valence-corrected chi connectivity index (χ2v) is 6.65. The molecule has 0 aliphatic carbocycles. The highest BCUT2D eigenvalue weighted by atomic mass is 32.1. The highest BCUT2D eigenvalue weighted by Crippen LogP contribution is 2.35. The van der Waals surface area contributed by atoms with Crippen molar-refractivity contribution < 1.29 is 13.6 Å². The minimum Gasteiger partial charge on any atom is -0.358 e. The molecular formula is C18H13F2N3OS. The van der Waals surface area contributed by atoms with Crippen molar-refractivity contribution in [3.05, 3.63) is 81.8 Å². The van der Waals surface area contributed by atoms with E-state index in [0.717, 1.165) is 23.1 Å². The van der Waals surface area contributed by atoms with E-state index in [2.05, 4.69) is 10.3 Å². The molecule has 0 spiro atoms. The number of nitrogens with one attached hydrogen (secondary N) is 1. The van der Waals surface area contributed by atoms with Gasteiger partial charge in [0.05, 0.1) is 23.5 Å². The highest BCUT2D eigenvalue weighted by Gasteiger charge is 2.38. The number of pyridine rings is 1. The van der Waals surface area contributed by atoms with Gasteiger partial charge >= 0.3 is 0 Å². The molecule has 0 unspecified atom stereocenters. The number of fused-ring (bicyclic) bond motifs is 1. The number of aromatic nitrogens is 1. The quantitative estimate of drug-likeness (QED) is 0.762. The largest absolute Gasteiger partial charge is 0.358 e. The maximum absolute atomic E-state index is 14.0. The first-order valence-corrected chi connectivity index (χ1v) is 8.51. The number of carbonyl (C=O) groups is 1. The van der Waals surface area contributed by atoms with Gasteiger partial charge in [-0.3, -0.25) is 9.78 Å². The van der Waals surface area contributed by atoms with Gasteiger partial charge in [-0.25, -0.2) is 8.78 Å². The summed E-state index contributed by atoms with van der Waals surface area (Å²) in [5, 5.41) is 4.86. The predicted octanol–water partition coefficient (Wildman–Crippen LogP) is 4.19. The van der Waals surface area contributed by atoms with Crippen molar-refractivity contribution >= 4 is 22.9 Å². The average Bonchev–Trinajstić information content (AvgIpc) is 3.21. The van der Waals surface area contributed by atoms with Crippen LogP contribution in [0.4, 0.5) is 14.5 Å². The SMILES string of the molecule is O=C1c2cccnc2[C@@H](Nc2cc(F)ccc2F)N1Cc1cccs1. The highest BCUT2D eigenvalue weighted by molar-refractivity contribution is 7.09. The van der Waals surface area contributed by atoms with Gasteiger partial charge < -0.3 is 10.2 Å². The number of rotatable bonds is 4. The number of amides is 1. The first kappa shape index (κ1) is 15.7. The summed E-state index contributed by atoms with van der Waals surface area (Å²) < 4.78 is 27.5. The molecule has 1 aliphatic heterocycles. The summed E-state index contributed by atoms with van der Waals surface area (Å²) >= 11 is 1.53. The van der Waals surface area contributed by atoms with Crippen molar-refractivity contribution in [2.75, 3.05) is 5.32 Å². The Kier molecular flexibility index (Phi) is 3.93. The summed E-state index contributed by atoms with van der Waals surface area (Å²) in [4.78, 5) is 19.6. The van der Waals surface area contributed by atoms with Crippen LogP contribution in [0.2, 0.25) is 0 Å². The minimum absolute atomic E-state index is 0.00696. The van der Waals surface area contributed by atoms with Crippen LogP contribution in [-0.2, 0) is 6.54 Å². The molecule has 0 saturated carbocycles. The van der Waals surface area contributed by atoms with Gasteiger partial charge in [-0.15, -0.1) is 11.3 Å². The normalized spacial score (nSPS) is 16.2. The average molecular weight is 357 g/mol. The van der Waals surface area contributed by atoms with Gasteiger partial charge in [0, 0.05) is 17.1 Å². The van der Waals surface area contributed by atoms with Gasteiger partial charge in [0.25, 0.3) is 5.91 Å². The standard InChI is InChI=1S/C18H13F2N3OS/c19-11-5-6-14(20)15(9-11)22-17-16-13(4-1-7-21-16)18(24)23(17)10-12-3-2-8-25-12/h1-9,17,22H,10H2/t17-/m0/s1. The third-order valence-electron chi connectivity index (χ3n) is 4.03. The Hall–Kier alpha value is -2.80. The zero-order valence-corrected chi connectivity index (χ0v) is 13.8. The third-order valence-corrected chi connectivity index (χ3v) is 4.89. The molecule has 0 fully saturated rings. The number of hydrogen-bond donors (Lipinski definition) is 1. The molecule has 0 saturated heterocycles. The van der Waals surface area contributed by atoms with Crippen LogP contribution in [0.25, 0.3) is 0 Å². The van der Waals surface area contributed by atoms with E-state index >= 15 is 0 Å². The Balaban J connectivity index is 1.72. The number of hydrogen-bond acceptors (Lipinski definition) is 4. The monoisotopic (exact) mass is 357 g/mol. The van der Waals surface area contributed by atoms with Crippen LogP contribution in [-0.4, -0.2) is 15.8 Å². The van der Waals surface area contributed by atoms with Crippen molar-refractivity contribution in [1.29, 1.82) is 0 Å². The second kappa shape index (κ2) is 6.25. The number of nitrogens with zero attached hydrogens (tertiary/aromatic N) is 2. The topological polar surface area (TPSA) is 45.2 Å². The van der Waals surface area contributed by atoms with Gasteiger partial charge in [0.1, 0.15) is 17.8 Å². The van der Waals surface area contributed by atoms with Crippen LogP contribution in [0.5, 0.6) is 0 Å². The van der Waals surface area contributed by atoms with E-state index in [0.29, 0.717) is 17.8 Å². The van der Waals surface area contributed by atoms with Crippen molar-refractivity contribution in [3.8, 4) is 0 Å². The molecular weight excluding hydrogens is 344 g/mol. The predicted molar refractivity (Wildman–Crippen MR) is 91.2 cm³/mol. The summed E-state index contributed by atoms with van der Waals surface area (Å²) in [5.41, 5.74) is 0.966. The molecule has 2 aromatic heterocycles. The van der Waals surface area contributed by atoms with E-state index in [9.17, 15) is 13.6 Å². The lowest BCUT2D eigenvalue weighted by atomic mass is 10.2. The van der Waals surface area contributed by atoms with Crippen LogP contribution in [0.3, 0.4) is 0 Å². The van der Waals surface area contributed by atoms with Crippen molar-refractivity contribution in [3.63, 3.8) is 0 Å². The Morgan fingerprint density at radius 3 is 2.88 bits per heavy atom. The Bertz CT molecular complexity index is 930. The third kappa shape index (κ3) is 2.87. The summed E-state index contributed by atoms with van der Waals surface area (Å²) in [5.74, 6) is -1.33. The van der Waals surface area contributed by atoms with Gasteiger partial charge in [0.15, 0.2) is 0 Å². The van der Waals surface area contributed by atoms with Crippen LogP contribution in [0.1, 0.15) is 27.1 Å². The summed E-state index contributed by atoms with van der Waals surface area (Å²) in [6.07, 6.45) is 0.916. The van der Waals surface area contributed by atoms with E-state index in [1.165, 1.54) is 11.3 Å². The zero-order chi connectivity index (χ0) is 17.4. The molecule has 4 rings (SSSR count). The lowest BCUT2D eigenvalue weighted by Gasteiger charge is -2.26. The van der Waals surface area contributed by atoms with Crippen LogP contribution < -0.4 is 5.32 Å². The first-order valence-electron chi connectivity index (χ1n) is 7.63. The lowest BCUT2D eigenvalue weighted by molar-refractivity contribution is 0.0729. The van der Waals surface area contributed by atoms with E-state index in [1.807, 2.05) is 17.5 Å². The fraction of sp³-hybridized carbons (Fsp3) is 0.111. The van der Waals surface area contributed by atoms with Gasteiger partial charge in [-0.2, -0.15) is 0 Å². The number of carbonyl (C=O) groups excluding carboxylic acids is 1. The number of anilines is 1. The minimum atomic E-state index is -0.665. The Morgan fingerprint density at radius 2 is 2.08 bits per heavy atom. The fourth-order valence-electron chi connectivity index (χ4n) is 2.87. The molecule has 0 radical (unpaired) electrons. The maximum Gasteiger partial charge on any atom is 0.258 e. The summed E-state index contributed by atoms with van der Waals surface area (Å²) in [7, 11) is 0. The van der Waals surface area contributed by atoms with Crippen molar-refractivity contribution in [2.24, 2.45) is 0 Å². The lowest BCUT2D eigenvalue weighted by Crippen LogP contribution is -2.32. The van der Waals surface area contributed by atoms with Crippen LogP contribution >= 0.6 is 11.3 Å². The van der Waals surface area contributed by atoms with Crippen LogP contribution in [0.15, 0.2) is 54.0 Å². The van der Waals surface area contributed by atoms with Crippen molar-refractivity contribution in [2.45, 2.75) is 12.7 Å². The smallest absolute Gasteiger partial charge is 0.258 e. The summed E-state index contributed by atoms with van der Waals surface area (Å²) in [6.45, 7) is 0.363. The maximum atomic E-state index is 14.0. The van der Waals surface area contributed by atoms with Crippen LogP contribution in [0, 0.1) is 11.6 Å². The Morgan fingerprint density at radius 1 is 1.20 bits per heavy atom. The summed E-state index contributed by atoms with van der Waals surface area (Å²) in [6, 6.07) is 10.4. The van der Waals surface area contributed by atoms with E-state index < -0.39 is 17.8 Å². The van der Waals surface area contributed by atoms with Crippen molar-refractivity contribution in [1.82, 2.24) is 9.88 Å². The number of benzene rings is 1. The van der Waals surface area contributed by atoms with E-state index in [1.54, 1.807) is 23.2 Å². The number of halogens is 2. The molecule has 3 heterocycles. The fourth-order valence-corrected chi connectivity index (χ4v) is 3.57. The molecule has 1 atom stereocenters. The molecule has 1 amide bonds. The van der Waals surface area contributed by atoms with Gasteiger partial charge in [0.2, 0.25) is 0 Å². The zero-order valence-electron chi connectivity index (χ0n) is 12.9. The molecule has 4 nitrogen and oxygen atoms in total. The molecule has 1 N–H and O–H groups in total. The molecule has 1 aromatic carbocycles. The molecule has 3 aromatic rings. The molecule has 0 bridgehead atoms.